The number of halogens is 1. The first kappa shape index (κ1) is 21.6. The Balaban J connectivity index is 1.56. The van der Waals surface area contributed by atoms with Crippen LogP contribution >= 0.6 is 33.9 Å². The molecule has 6 rings (SSSR count). The van der Waals surface area contributed by atoms with Gasteiger partial charge in [0, 0.05) is 20.2 Å². The Hall–Kier alpha value is -1.91. The van der Waals surface area contributed by atoms with E-state index in [2.05, 4.69) is 102 Å². The van der Waals surface area contributed by atoms with E-state index in [-0.39, 0.29) is 3.42 Å². The molecular weight excluding hydrogens is 531 g/mol. The van der Waals surface area contributed by atoms with Crippen LogP contribution in [0.25, 0.3) is 42.1 Å². The third kappa shape index (κ3) is 3.44. The van der Waals surface area contributed by atoms with Crippen LogP contribution in [0.4, 0.5) is 0 Å². The van der Waals surface area contributed by atoms with Crippen LogP contribution in [0.3, 0.4) is 0 Å². The Kier molecular flexibility index (Phi) is 5.70. The van der Waals surface area contributed by atoms with Crippen molar-refractivity contribution < 1.29 is 0 Å². The lowest BCUT2D eigenvalue weighted by molar-refractivity contribution is 0.564. The lowest BCUT2D eigenvalue weighted by atomic mass is 9.88. The van der Waals surface area contributed by atoms with Crippen molar-refractivity contribution in [3.63, 3.8) is 0 Å². The van der Waals surface area contributed by atoms with Crippen molar-refractivity contribution >= 4 is 64.9 Å². The van der Waals surface area contributed by atoms with Crippen LogP contribution in [-0.4, -0.2) is 0 Å². The normalized spacial score (nSPS) is 17.2. The average Bonchev–Trinajstić information content (AvgIpc) is 3.34. The molecule has 1 aliphatic rings. The third-order valence-electron chi connectivity index (χ3n) is 7.44. The summed E-state index contributed by atoms with van der Waals surface area (Å²) in [5.74, 6) is 0. The van der Waals surface area contributed by atoms with Gasteiger partial charge in [-0.1, -0.05) is 129 Å². The van der Waals surface area contributed by atoms with E-state index in [1.807, 2.05) is 11.3 Å². The first-order valence-electron chi connectivity index (χ1n) is 12.4. The molecule has 2 heteroatoms. The Morgan fingerprint density at radius 2 is 1.48 bits per heavy atom. The molecule has 4 aromatic carbocycles. The molecule has 1 unspecified atom stereocenters. The molecule has 33 heavy (non-hydrogen) atoms. The van der Waals surface area contributed by atoms with E-state index in [4.69, 9.17) is 0 Å². The van der Waals surface area contributed by atoms with E-state index >= 15 is 0 Å². The maximum Gasteiger partial charge on any atom is 0.0737 e. The van der Waals surface area contributed by atoms with E-state index in [9.17, 15) is 0 Å². The second-order valence-electron chi connectivity index (χ2n) is 9.49. The molecule has 166 valence electrons. The van der Waals surface area contributed by atoms with Crippen molar-refractivity contribution in [3.05, 3.63) is 83.9 Å². The highest BCUT2D eigenvalue weighted by Crippen LogP contribution is 2.60. The zero-order valence-electron chi connectivity index (χ0n) is 19.2. The van der Waals surface area contributed by atoms with Crippen LogP contribution in [0.15, 0.2) is 72.8 Å². The van der Waals surface area contributed by atoms with Gasteiger partial charge in [-0.2, -0.15) is 0 Å². The molecule has 0 nitrogen and oxygen atoms in total. The minimum atomic E-state index is 0.0283. The highest BCUT2D eigenvalue weighted by Gasteiger charge is 2.43. The van der Waals surface area contributed by atoms with Gasteiger partial charge in [-0.05, 0) is 51.6 Å². The third-order valence-corrected chi connectivity index (χ3v) is 10.2. The molecule has 1 aliphatic carbocycles. The van der Waals surface area contributed by atoms with Gasteiger partial charge in [0.2, 0.25) is 0 Å². The number of benzene rings is 4. The highest BCUT2D eigenvalue weighted by atomic mass is 127. The Labute approximate surface area is 214 Å². The van der Waals surface area contributed by atoms with Gasteiger partial charge in [0.05, 0.1) is 3.42 Å². The van der Waals surface area contributed by atoms with Crippen molar-refractivity contribution in [2.45, 2.75) is 55.3 Å². The molecule has 0 saturated heterocycles. The topological polar surface area (TPSA) is 0 Å². The predicted molar refractivity (Wildman–Crippen MR) is 155 cm³/mol. The summed E-state index contributed by atoms with van der Waals surface area (Å²) >= 11 is 4.78. The summed E-state index contributed by atoms with van der Waals surface area (Å²) in [6.07, 6.45) is 9.26. The summed E-state index contributed by atoms with van der Waals surface area (Å²) in [7, 11) is 0. The van der Waals surface area contributed by atoms with Crippen LogP contribution in [0.1, 0.15) is 63.0 Å². The van der Waals surface area contributed by atoms with Gasteiger partial charge in [-0.3, -0.25) is 0 Å². The average molecular weight is 561 g/mol. The summed E-state index contributed by atoms with van der Waals surface area (Å²) in [4.78, 5) is 0. The summed E-state index contributed by atoms with van der Waals surface area (Å²) in [5.41, 5.74) is 6.02. The molecule has 0 N–H and O–H groups in total. The van der Waals surface area contributed by atoms with Crippen LogP contribution < -0.4 is 0 Å². The molecule has 0 spiro atoms. The number of unbranched alkanes of at least 4 members (excludes halogenated alkanes) is 5. The van der Waals surface area contributed by atoms with Crippen LogP contribution in [0.5, 0.6) is 0 Å². The molecule has 5 aromatic rings. The van der Waals surface area contributed by atoms with E-state index in [0.29, 0.717) is 0 Å². The SMILES string of the molecule is CCCCCCCCC1(I)c2ccc3ccccc3c2-c2ccc3sc4ccccc4c3c21. The van der Waals surface area contributed by atoms with Gasteiger partial charge in [0.25, 0.3) is 0 Å². The molecule has 0 aliphatic heterocycles. The van der Waals surface area contributed by atoms with Gasteiger partial charge in [0.15, 0.2) is 0 Å². The van der Waals surface area contributed by atoms with Gasteiger partial charge >= 0.3 is 0 Å². The lowest BCUT2D eigenvalue weighted by Crippen LogP contribution is -2.17. The zero-order chi connectivity index (χ0) is 22.4. The van der Waals surface area contributed by atoms with Gasteiger partial charge in [-0.15, -0.1) is 11.3 Å². The van der Waals surface area contributed by atoms with Crippen molar-refractivity contribution in [2.24, 2.45) is 0 Å². The summed E-state index contributed by atoms with van der Waals surface area (Å²) in [5, 5.41) is 5.67. The van der Waals surface area contributed by atoms with Gasteiger partial charge < -0.3 is 0 Å². The minimum absolute atomic E-state index is 0.0283. The fraction of sp³-hybridized carbons (Fsp3) is 0.290. The zero-order valence-corrected chi connectivity index (χ0v) is 22.1. The largest absolute Gasteiger partial charge is 0.135 e. The highest BCUT2D eigenvalue weighted by molar-refractivity contribution is 14.1. The smallest absolute Gasteiger partial charge is 0.0737 e. The number of thiophene rings is 1. The molecule has 0 radical (unpaired) electrons. The lowest BCUT2D eigenvalue weighted by Gasteiger charge is -2.26. The molecule has 0 bridgehead atoms. The summed E-state index contributed by atoms with van der Waals surface area (Å²) in [6, 6.07) is 27.5. The van der Waals surface area contributed by atoms with Crippen molar-refractivity contribution in [2.75, 3.05) is 0 Å². The number of rotatable bonds is 7. The van der Waals surface area contributed by atoms with E-state index in [1.165, 1.54) is 92.6 Å². The molecule has 0 amide bonds. The molecule has 0 fully saturated rings. The number of alkyl halides is 1. The second-order valence-corrected chi connectivity index (χ2v) is 12.4. The number of hydrogen-bond acceptors (Lipinski definition) is 1. The van der Waals surface area contributed by atoms with E-state index < -0.39 is 0 Å². The Morgan fingerprint density at radius 1 is 0.727 bits per heavy atom. The number of fused-ring (bicyclic) bond motifs is 9. The van der Waals surface area contributed by atoms with Gasteiger partial charge in [-0.25, -0.2) is 0 Å². The van der Waals surface area contributed by atoms with E-state index in [1.54, 1.807) is 5.56 Å². The minimum Gasteiger partial charge on any atom is -0.135 e. The van der Waals surface area contributed by atoms with Crippen LogP contribution in [0, 0.1) is 0 Å². The molecular formula is C31H29IS. The number of hydrogen-bond donors (Lipinski definition) is 0. The summed E-state index contributed by atoms with van der Waals surface area (Å²) < 4.78 is 2.86. The molecule has 1 atom stereocenters. The maximum absolute atomic E-state index is 2.83. The van der Waals surface area contributed by atoms with Gasteiger partial charge in [0.1, 0.15) is 0 Å². The second kappa shape index (κ2) is 8.70. The fourth-order valence-corrected chi connectivity index (χ4v) is 8.38. The summed E-state index contributed by atoms with van der Waals surface area (Å²) in [6.45, 7) is 2.30. The monoisotopic (exact) mass is 560 g/mol. The van der Waals surface area contributed by atoms with Crippen molar-refractivity contribution in [1.29, 1.82) is 0 Å². The first-order valence-corrected chi connectivity index (χ1v) is 14.3. The molecule has 0 saturated carbocycles. The predicted octanol–water partition coefficient (Wildman–Crippen LogP) is 10.6. The fourth-order valence-electron chi connectivity index (χ4n) is 5.87. The Bertz CT molecular complexity index is 1480. The van der Waals surface area contributed by atoms with Crippen LogP contribution in [-0.2, 0) is 3.42 Å². The first-order chi connectivity index (χ1) is 16.2. The van der Waals surface area contributed by atoms with Crippen molar-refractivity contribution in [1.82, 2.24) is 0 Å². The molecule has 1 heterocycles. The van der Waals surface area contributed by atoms with Crippen molar-refractivity contribution in [3.8, 4) is 11.1 Å². The van der Waals surface area contributed by atoms with E-state index in [0.717, 1.165) is 0 Å². The Morgan fingerprint density at radius 3 is 2.36 bits per heavy atom. The maximum atomic E-state index is 2.83. The standard InChI is InChI=1S/C31H29IS/c1-2-3-4-5-6-11-20-31(32)25-18-16-21-12-7-8-13-22(21)28(25)24-17-19-27-29(30(24)31)23-14-9-10-15-26(23)33-27/h7-10,12-19H,2-6,11,20H2,1H3. The molecule has 1 aromatic heterocycles. The quantitative estimate of drug-likeness (QED) is 0.106. The van der Waals surface area contributed by atoms with Crippen LogP contribution in [0.2, 0.25) is 0 Å².